The smallest absolute Gasteiger partial charge is 0.243 e. The van der Waals surface area contributed by atoms with Crippen molar-refractivity contribution >= 4 is 17.5 Å². The summed E-state index contributed by atoms with van der Waals surface area (Å²) in [5.41, 5.74) is 4.41. The van der Waals surface area contributed by atoms with Crippen molar-refractivity contribution in [3.05, 3.63) is 29.3 Å². The van der Waals surface area contributed by atoms with E-state index in [0.717, 1.165) is 19.6 Å². The Morgan fingerprint density at radius 2 is 2.00 bits per heavy atom. The molecule has 0 saturated carbocycles. The van der Waals surface area contributed by atoms with Gasteiger partial charge in [-0.15, -0.1) is 0 Å². The fourth-order valence-corrected chi connectivity index (χ4v) is 5.31. The van der Waals surface area contributed by atoms with Crippen LogP contribution in [0, 0.1) is 5.41 Å². The molecule has 0 aromatic heterocycles. The van der Waals surface area contributed by atoms with Gasteiger partial charge < -0.3 is 15.5 Å². The number of hydrogen-bond donors (Lipinski definition) is 3. The van der Waals surface area contributed by atoms with Crippen molar-refractivity contribution in [2.75, 3.05) is 44.6 Å². The number of likely N-dealkylation sites (tertiary alicyclic amines) is 1. The minimum Gasteiger partial charge on any atom is -0.385 e. The highest BCUT2D eigenvalue weighted by molar-refractivity contribution is 6.00. The Morgan fingerprint density at radius 3 is 2.76 bits per heavy atom. The molecule has 4 aliphatic rings. The first-order chi connectivity index (χ1) is 14.1. The van der Waals surface area contributed by atoms with E-state index in [1.165, 1.54) is 62.4 Å². The number of carbonyl (C=O) groups is 2. The van der Waals surface area contributed by atoms with Crippen LogP contribution in [-0.4, -0.2) is 66.9 Å². The van der Waals surface area contributed by atoms with Crippen LogP contribution in [0.15, 0.2) is 18.2 Å². The maximum atomic E-state index is 12.2. The van der Waals surface area contributed by atoms with Gasteiger partial charge in [-0.25, -0.2) is 0 Å². The Labute approximate surface area is 172 Å². The van der Waals surface area contributed by atoms with Gasteiger partial charge in [0.15, 0.2) is 0 Å². The van der Waals surface area contributed by atoms with Crippen molar-refractivity contribution in [2.24, 2.45) is 5.41 Å². The van der Waals surface area contributed by atoms with Crippen molar-refractivity contribution in [3.63, 3.8) is 0 Å². The molecule has 156 valence electrons. The largest absolute Gasteiger partial charge is 0.385 e. The Morgan fingerprint density at radius 1 is 1.14 bits per heavy atom. The lowest BCUT2D eigenvalue weighted by Gasteiger charge is -2.56. The van der Waals surface area contributed by atoms with Crippen molar-refractivity contribution in [2.45, 2.75) is 44.8 Å². The average Bonchev–Trinajstić information content (AvgIpc) is 3.06. The molecule has 0 radical (unpaired) electrons. The number of carbonyl (C=O) groups excluding carboxylic acids is 2. The third kappa shape index (κ3) is 3.79. The minimum absolute atomic E-state index is 0.144. The summed E-state index contributed by atoms with van der Waals surface area (Å²) in [4.78, 5) is 28.4. The molecule has 1 aromatic rings. The highest BCUT2D eigenvalue weighted by Crippen LogP contribution is 2.34. The van der Waals surface area contributed by atoms with Gasteiger partial charge in [0.2, 0.25) is 11.8 Å². The fourth-order valence-electron chi connectivity index (χ4n) is 5.31. The molecule has 7 heteroatoms. The van der Waals surface area contributed by atoms with Crippen LogP contribution in [0.5, 0.6) is 0 Å². The van der Waals surface area contributed by atoms with Crippen LogP contribution in [0.3, 0.4) is 0 Å². The number of piperidine rings is 1. The monoisotopic (exact) mass is 397 g/mol. The summed E-state index contributed by atoms with van der Waals surface area (Å²) in [6, 6.07) is 6.21. The first-order valence-electron chi connectivity index (χ1n) is 11.0. The van der Waals surface area contributed by atoms with E-state index in [1.807, 2.05) is 0 Å². The molecular formula is C22H31N5O2. The molecule has 2 amide bonds. The van der Waals surface area contributed by atoms with E-state index in [2.05, 4.69) is 43.9 Å². The van der Waals surface area contributed by atoms with E-state index in [9.17, 15) is 9.59 Å². The first kappa shape index (κ1) is 19.0. The Kier molecular flexibility index (Phi) is 5.05. The second-order valence-electron chi connectivity index (χ2n) is 9.26. The van der Waals surface area contributed by atoms with Gasteiger partial charge in [0.25, 0.3) is 0 Å². The topological polar surface area (TPSA) is 76.7 Å². The Hall–Kier alpha value is -1.96. The van der Waals surface area contributed by atoms with Crippen LogP contribution >= 0.6 is 0 Å². The van der Waals surface area contributed by atoms with Gasteiger partial charge in [-0.2, -0.15) is 0 Å². The number of unbranched alkanes of at least 4 members (excludes halogenated alkanes) is 1. The summed E-state index contributed by atoms with van der Waals surface area (Å²) >= 11 is 0. The van der Waals surface area contributed by atoms with E-state index in [-0.39, 0.29) is 17.9 Å². The molecule has 1 aromatic carbocycles. The quantitative estimate of drug-likeness (QED) is 0.469. The maximum Gasteiger partial charge on any atom is 0.243 e. The zero-order valence-electron chi connectivity index (χ0n) is 17.0. The molecular weight excluding hydrogens is 366 g/mol. The van der Waals surface area contributed by atoms with Crippen molar-refractivity contribution in [1.82, 2.24) is 20.4 Å². The molecule has 5 rings (SSSR count). The highest BCUT2D eigenvalue weighted by Gasteiger charge is 2.46. The fraction of sp³-hybridized carbons (Fsp3) is 0.636. The summed E-state index contributed by atoms with van der Waals surface area (Å²) in [7, 11) is 0. The number of anilines is 1. The normalized spacial score (nSPS) is 26.0. The zero-order chi connectivity index (χ0) is 19.8. The van der Waals surface area contributed by atoms with Crippen LogP contribution in [0.25, 0.3) is 0 Å². The molecule has 3 N–H and O–H groups in total. The SMILES string of the molecule is O=C1CCC(N2Cc3cccc(NCCCCN4CC5(CNC5)C4)c3C2)C(=O)N1. The van der Waals surface area contributed by atoms with Gasteiger partial charge in [0, 0.05) is 63.3 Å². The predicted octanol–water partition coefficient (Wildman–Crippen LogP) is 0.905. The summed E-state index contributed by atoms with van der Waals surface area (Å²) in [6.45, 7) is 8.71. The Balaban J connectivity index is 1.08. The Bertz CT molecular complexity index is 798. The van der Waals surface area contributed by atoms with E-state index in [1.54, 1.807) is 0 Å². The van der Waals surface area contributed by atoms with E-state index in [4.69, 9.17) is 0 Å². The van der Waals surface area contributed by atoms with Gasteiger partial charge in [-0.3, -0.25) is 19.8 Å². The maximum absolute atomic E-state index is 12.2. The lowest BCUT2D eigenvalue weighted by molar-refractivity contribution is -0.137. The molecule has 1 spiro atoms. The second-order valence-corrected chi connectivity index (χ2v) is 9.26. The van der Waals surface area contributed by atoms with Crippen molar-refractivity contribution in [3.8, 4) is 0 Å². The number of fused-ring (bicyclic) bond motifs is 1. The van der Waals surface area contributed by atoms with Gasteiger partial charge in [0.05, 0.1) is 6.04 Å². The minimum atomic E-state index is -0.196. The standard InChI is InChI=1S/C22H31N5O2/c28-20-7-6-19(21(29)25-20)27-10-16-4-3-5-18(17(16)11-27)24-8-1-2-9-26-14-22(15-26)12-23-13-22/h3-5,19,23-24H,1-2,6-15H2,(H,25,28,29). The van der Waals surface area contributed by atoms with Crippen LogP contribution in [0.4, 0.5) is 5.69 Å². The first-order valence-corrected chi connectivity index (χ1v) is 11.0. The predicted molar refractivity (Wildman–Crippen MR) is 111 cm³/mol. The lowest BCUT2D eigenvalue weighted by Crippen LogP contribution is -2.70. The average molecular weight is 398 g/mol. The second kappa shape index (κ2) is 7.70. The van der Waals surface area contributed by atoms with Gasteiger partial charge in [-0.05, 0) is 43.0 Å². The molecule has 1 atom stereocenters. The van der Waals surface area contributed by atoms with E-state index in [0.29, 0.717) is 18.3 Å². The molecule has 29 heavy (non-hydrogen) atoms. The van der Waals surface area contributed by atoms with Gasteiger partial charge in [0.1, 0.15) is 0 Å². The molecule has 7 nitrogen and oxygen atoms in total. The third-order valence-corrected chi connectivity index (χ3v) is 6.99. The van der Waals surface area contributed by atoms with E-state index < -0.39 is 0 Å². The lowest BCUT2D eigenvalue weighted by atomic mass is 9.74. The molecule has 0 aliphatic carbocycles. The number of amides is 2. The molecule has 3 saturated heterocycles. The highest BCUT2D eigenvalue weighted by atomic mass is 16.2. The molecule has 1 unspecified atom stereocenters. The summed E-state index contributed by atoms with van der Waals surface area (Å²) in [6.07, 6.45) is 3.45. The molecule has 4 aliphatic heterocycles. The van der Waals surface area contributed by atoms with Gasteiger partial charge >= 0.3 is 0 Å². The molecule has 4 heterocycles. The molecule has 0 bridgehead atoms. The summed E-state index contributed by atoms with van der Waals surface area (Å²) in [5, 5.41) is 9.50. The summed E-state index contributed by atoms with van der Waals surface area (Å²) < 4.78 is 0. The van der Waals surface area contributed by atoms with Crippen molar-refractivity contribution < 1.29 is 9.59 Å². The third-order valence-electron chi connectivity index (χ3n) is 6.99. The summed E-state index contributed by atoms with van der Waals surface area (Å²) in [5.74, 6) is -0.294. The van der Waals surface area contributed by atoms with E-state index >= 15 is 0 Å². The van der Waals surface area contributed by atoms with Crippen molar-refractivity contribution in [1.29, 1.82) is 0 Å². The zero-order valence-corrected chi connectivity index (χ0v) is 17.0. The number of rotatable bonds is 7. The number of nitrogens with zero attached hydrogens (tertiary/aromatic N) is 2. The van der Waals surface area contributed by atoms with Crippen LogP contribution in [0.2, 0.25) is 0 Å². The molecule has 3 fully saturated rings. The number of imide groups is 1. The number of benzene rings is 1. The number of hydrogen-bond acceptors (Lipinski definition) is 6. The van der Waals surface area contributed by atoms with Crippen LogP contribution < -0.4 is 16.0 Å². The van der Waals surface area contributed by atoms with Gasteiger partial charge in [-0.1, -0.05) is 12.1 Å². The van der Waals surface area contributed by atoms with Crippen LogP contribution in [-0.2, 0) is 22.7 Å². The number of nitrogens with one attached hydrogen (secondary N) is 3. The van der Waals surface area contributed by atoms with Crippen LogP contribution in [0.1, 0.15) is 36.8 Å².